The molecule has 0 bridgehead atoms. The van der Waals surface area contributed by atoms with Gasteiger partial charge in [0.1, 0.15) is 6.54 Å². The number of likely N-dealkylation sites (N-methyl/N-ethyl adjacent to an activating group) is 1. The third kappa shape index (κ3) is 4.75. The molecule has 2 rings (SSSR count). The molecule has 0 aromatic heterocycles. The van der Waals surface area contributed by atoms with Gasteiger partial charge in [0.25, 0.3) is 0 Å². The molecule has 0 aliphatic heterocycles. The zero-order valence-electron chi connectivity index (χ0n) is 15.6. The SMILES string of the molecule is COc1ccc(N(CC(=O)N(C)Cc2ccccc2)C(C)=O)cc1OC. The van der Waals surface area contributed by atoms with Gasteiger partial charge in [0.05, 0.1) is 14.2 Å². The van der Waals surface area contributed by atoms with E-state index in [4.69, 9.17) is 9.47 Å². The molecule has 2 amide bonds. The standard InChI is InChI=1S/C20H24N2O4/c1-15(23)22(17-10-11-18(25-3)19(12-17)26-4)14-20(24)21(2)13-16-8-6-5-7-9-16/h5-12H,13-14H2,1-4H3. The fourth-order valence-corrected chi connectivity index (χ4v) is 2.58. The molecule has 2 aromatic carbocycles. The minimum absolute atomic E-state index is 0.0475. The summed E-state index contributed by atoms with van der Waals surface area (Å²) < 4.78 is 10.5. The average Bonchev–Trinajstić information content (AvgIpc) is 2.65. The number of amides is 2. The summed E-state index contributed by atoms with van der Waals surface area (Å²) in [5.41, 5.74) is 1.61. The van der Waals surface area contributed by atoms with E-state index in [1.54, 1.807) is 37.3 Å². The Morgan fingerprint density at radius 3 is 2.19 bits per heavy atom. The lowest BCUT2D eigenvalue weighted by Gasteiger charge is -2.25. The molecule has 0 spiro atoms. The summed E-state index contributed by atoms with van der Waals surface area (Å²) in [5.74, 6) is 0.686. The first-order valence-corrected chi connectivity index (χ1v) is 8.24. The molecule has 0 aliphatic carbocycles. The van der Waals surface area contributed by atoms with Gasteiger partial charge in [-0.2, -0.15) is 0 Å². The lowest BCUT2D eigenvalue weighted by atomic mass is 10.2. The Morgan fingerprint density at radius 2 is 1.62 bits per heavy atom. The van der Waals surface area contributed by atoms with Crippen LogP contribution in [0.25, 0.3) is 0 Å². The number of nitrogens with zero attached hydrogens (tertiary/aromatic N) is 2. The number of rotatable bonds is 7. The lowest BCUT2D eigenvalue weighted by molar-refractivity contribution is -0.130. The first kappa shape index (κ1) is 19.3. The summed E-state index contributed by atoms with van der Waals surface area (Å²) in [7, 11) is 4.79. The number of hydrogen-bond donors (Lipinski definition) is 0. The number of carbonyl (C=O) groups is 2. The average molecular weight is 356 g/mol. The zero-order valence-corrected chi connectivity index (χ0v) is 15.6. The maximum absolute atomic E-state index is 12.6. The summed E-state index contributed by atoms with van der Waals surface area (Å²) in [6.07, 6.45) is 0. The van der Waals surface area contributed by atoms with Crippen LogP contribution in [0.4, 0.5) is 5.69 Å². The number of anilines is 1. The van der Waals surface area contributed by atoms with Crippen LogP contribution in [0.5, 0.6) is 11.5 Å². The minimum atomic E-state index is -0.223. The van der Waals surface area contributed by atoms with E-state index in [-0.39, 0.29) is 18.4 Å². The van der Waals surface area contributed by atoms with Crippen LogP contribution in [0, 0.1) is 0 Å². The number of methoxy groups -OCH3 is 2. The highest BCUT2D eigenvalue weighted by atomic mass is 16.5. The van der Waals surface area contributed by atoms with Gasteiger partial charge in [-0.15, -0.1) is 0 Å². The van der Waals surface area contributed by atoms with Gasteiger partial charge in [-0.25, -0.2) is 0 Å². The molecular weight excluding hydrogens is 332 g/mol. The molecule has 0 aliphatic rings. The van der Waals surface area contributed by atoms with Crippen molar-refractivity contribution < 1.29 is 19.1 Å². The predicted molar refractivity (Wildman–Crippen MR) is 100 cm³/mol. The maximum Gasteiger partial charge on any atom is 0.242 e. The Hall–Kier alpha value is -3.02. The number of carbonyl (C=O) groups excluding carboxylic acids is 2. The van der Waals surface area contributed by atoms with Gasteiger partial charge in [-0.3, -0.25) is 9.59 Å². The molecule has 0 radical (unpaired) electrons. The topological polar surface area (TPSA) is 59.1 Å². The molecule has 0 saturated heterocycles. The molecule has 0 N–H and O–H groups in total. The predicted octanol–water partition coefficient (Wildman–Crippen LogP) is 2.72. The summed E-state index contributed by atoms with van der Waals surface area (Å²) in [6.45, 7) is 1.87. The molecule has 0 atom stereocenters. The van der Waals surface area contributed by atoms with Crippen molar-refractivity contribution in [2.75, 3.05) is 32.7 Å². The molecule has 6 heteroatoms. The van der Waals surface area contributed by atoms with E-state index in [1.807, 2.05) is 30.3 Å². The van der Waals surface area contributed by atoms with Gasteiger partial charge in [0.15, 0.2) is 11.5 Å². The zero-order chi connectivity index (χ0) is 19.1. The number of hydrogen-bond acceptors (Lipinski definition) is 4. The second-order valence-corrected chi connectivity index (χ2v) is 5.88. The first-order chi connectivity index (χ1) is 12.5. The fourth-order valence-electron chi connectivity index (χ4n) is 2.58. The third-order valence-corrected chi connectivity index (χ3v) is 4.04. The van der Waals surface area contributed by atoms with Crippen LogP contribution in [0.3, 0.4) is 0 Å². The molecule has 2 aromatic rings. The molecule has 6 nitrogen and oxygen atoms in total. The van der Waals surface area contributed by atoms with Crippen molar-refractivity contribution in [3.05, 3.63) is 54.1 Å². The van der Waals surface area contributed by atoms with Gasteiger partial charge in [-0.05, 0) is 17.7 Å². The first-order valence-electron chi connectivity index (χ1n) is 8.24. The van der Waals surface area contributed by atoms with Crippen molar-refractivity contribution in [3.63, 3.8) is 0 Å². The van der Waals surface area contributed by atoms with Crippen molar-refractivity contribution >= 4 is 17.5 Å². The Kier molecular flexibility index (Phi) is 6.60. The molecule has 0 unspecified atom stereocenters. The summed E-state index contributed by atoms with van der Waals surface area (Å²) in [6, 6.07) is 14.8. The van der Waals surface area contributed by atoms with Gasteiger partial charge >= 0.3 is 0 Å². The largest absolute Gasteiger partial charge is 0.493 e. The quantitative estimate of drug-likeness (QED) is 0.765. The van der Waals surface area contributed by atoms with E-state index in [0.29, 0.717) is 23.7 Å². The Labute approximate surface area is 153 Å². The van der Waals surface area contributed by atoms with Crippen molar-refractivity contribution in [2.24, 2.45) is 0 Å². The third-order valence-electron chi connectivity index (χ3n) is 4.04. The van der Waals surface area contributed by atoms with E-state index in [9.17, 15) is 9.59 Å². The van der Waals surface area contributed by atoms with Crippen molar-refractivity contribution in [2.45, 2.75) is 13.5 Å². The molecule has 26 heavy (non-hydrogen) atoms. The molecule has 0 saturated carbocycles. The lowest BCUT2D eigenvalue weighted by Crippen LogP contribution is -2.40. The van der Waals surface area contributed by atoms with E-state index >= 15 is 0 Å². The summed E-state index contributed by atoms with van der Waals surface area (Å²) in [5, 5.41) is 0. The maximum atomic E-state index is 12.6. The molecular formula is C20H24N2O4. The van der Waals surface area contributed by atoms with E-state index in [2.05, 4.69) is 0 Å². The highest BCUT2D eigenvalue weighted by Crippen LogP contribution is 2.31. The Bertz CT molecular complexity index is 762. The van der Waals surface area contributed by atoms with Gasteiger partial charge in [0.2, 0.25) is 11.8 Å². The second kappa shape index (κ2) is 8.89. The van der Waals surface area contributed by atoms with Gasteiger partial charge in [0, 0.05) is 32.3 Å². The van der Waals surface area contributed by atoms with Crippen molar-refractivity contribution in [3.8, 4) is 11.5 Å². The normalized spacial score (nSPS) is 10.2. The smallest absolute Gasteiger partial charge is 0.242 e. The van der Waals surface area contributed by atoms with Crippen LogP contribution in [0.1, 0.15) is 12.5 Å². The van der Waals surface area contributed by atoms with E-state index in [0.717, 1.165) is 5.56 Å². The van der Waals surface area contributed by atoms with Crippen molar-refractivity contribution in [1.82, 2.24) is 4.90 Å². The van der Waals surface area contributed by atoms with Crippen LogP contribution < -0.4 is 14.4 Å². The van der Waals surface area contributed by atoms with Crippen LogP contribution in [-0.4, -0.2) is 44.5 Å². The van der Waals surface area contributed by atoms with Gasteiger partial charge < -0.3 is 19.3 Å². The monoisotopic (exact) mass is 356 g/mol. The van der Waals surface area contributed by atoms with Crippen LogP contribution in [0.15, 0.2) is 48.5 Å². The molecule has 0 heterocycles. The number of benzene rings is 2. The van der Waals surface area contributed by atoms with Crippen LogP contribution in [0.2, 0.25) is 0 Å². The van der Waals surface area contributed by atoms with Gasteiger partial charge in [-0.1, -0.05) is 30.3 Å². The van der Waals surface area contributed by atoms with E-state index in [1.165, 1.54) is 18.9 Å². The summed E-state index contributed by atoms with van der Waals surface area (Å²) in [4.78, 5) is 27.7. The molecule has 0 fully saturated rings. The minimum Gasteiger partial charge on any atom is -0.493 e. The highest BCUT2D eigenvalue weighted by molar-refractivity contribution is 5.97. The van der Waals surface area contributed by atoms with Crippen LogP contribution in [-0.2, 0) is 16.1 Å². The van der Waals surface area contributed by atoms with Crippen LogP contribution >= 0.6 is 0 Å². The number of ether oxygens (including phenoxy) is 2. The Morgan fingerprint density at radius 1 is 0.962 bits per heavy atom. The fraction of sp³-hybridized carbons (Fsp3) is 0.300. The van der Waals surface area contributed by atoms with E-state index < -0.39 is 0 Å². The molecule has 138 valence electrons. The highest BCUT2D eigenvalue weighted by Gasteiger charge is 2.20. The Balaban J connectivity index is 2.15. The van der Waals surface area contributed by atoms with Crippen molar-refractivity contribution in [1.29, 1.82) is 0 Å². The second-order valence-electron chi connectivity index (χ2n) is 5.88. The summed E-state index contributed by atoms with van der Waals surface area (Å²) >= 11 is 0.